The fourth-order valence-corrected chi connectivity index (χ4v) is 3.75. The zero-order chi connectivity index (χ0) is 21.1. The lowest BCUT2D eigenvalue weighted by Crippen LogP contribution is -2.23. The average Bonchev–Trinajstić information content (AvgIpc) is 2.73. The number of halogens is 2. The monoisotopic (exact) mass is 423 g/mol. The van der Waals surface area contributed by atoms with Crippen LogP contribution in [0.5, 0.6) is 0 Å². The summed E-state index contributed by atoms with van der Waals surface area (Å²) in [6.45, 7) is 0. The molecule has 0 aliphatic rings. The van der Waals surface area contributed by atoms with Gasteiger partial charge in [-0.15, -0.1) is 0 Å². The number of carbonyl (C=O) groups is 1. The van der Waals surface area contributed by atoms with Crippen LogP contribution in [0.2, 0.25) is 0 Å². The van der Waals surface area contributed by atoms with E-state index in [0.717, 1.165) is 16.3 Å². The molecule has 0 atom stereocenters. The van der Waals surface area contributed by atoms with Crippen molar-refractivity contribution >= 4 is 34.3 Å². The maximum absolute atomic E-state index is 14.4. The number of rotatable bonds is 5. The molecule has 3 aromatic carbocycles. The Morgan fingerprint density at radius 2 is 1.77 bits per heavy atom. The average molecular weight is 423 g/mol. The van der Waals surface area contributed by atoms with Crippen molar-refractivity contribution in [2.24, 2.45) is 0 Å². The van der Waals surface area contributed by atoms with Gasteiger partial charge in [0.25, 0.3) is 5.56 Å². The van der Waals surface area contributed by atoms with Crippen LogP contribution in [0, 0.1) is 11.6 Å². The molecule has 0 fully saturated rings. The SMILES string of the molecule is O=C(CSc1nc2ccccc2c(=O)n1-c1ccccc1F)Nc1cccc(F)c1. The van der Waals surface area contributed by atoms with Gasteiger partial charge >= 0.3 is 0 Å². The predicted octanol–water partition coefficient (Wildman–Crippen LogP) is 4.39. The second-order valence-corrected chi connectivity index (χ2v) is 7.29. The number of benzene rings is 3. The third-order valence-corrected chi connectivity index (χ3v) is 5.22. The van der Waals surface area contributed by atoms with Crippen molar-refractivity contribution < 1.29 is 13.6 Å². The van der Waals surface area contributed by atoms with Crippen LogP contribution < -0.4 is 10.9 Å². The molecule has 1 aromatic heterocycles. The fourth-order valence-electron chi connectivity index (χ4n) is 2.95. The first-order valence-corrected chi connectivity index (χ1v) is 9.96. The molecule has 0 aliphatic heterocycles. The van der Waals surface area contributed by atoms with E-state index in [0.29, 0.717) is 16.6 Å². The molecule has 1 amide bonds. The standard InChI is InChI=1S/C22H15F2N3O2S/c23-14-6-5-7-15(12-14)25-20(28)13-30-22-26-18-10-3-1-8-16(18)21(29)27(22)19-11-4-2-9-17(19)24/h1-12H,13H2,(H,25,28). The van der Waals surface area contributed by atoms with Crippen LogP contribution >= 0.6 is 11.8 Å². The number of aromatic nitrogens is 2. The molecule has 0 spiro atoms. The van der Waals surface area contributed by atoms with Crippen LogP contribution in [0.25, 0.3) is 16.6 Å². The molecule has 1 N–H and O–H groups in total. The van der Waals surface area contributed by atoms with Gasteiger partial charge in [0.1, 0.15) is 11.6 Å². The number of anilines is 1. The van der Waals surface area contributed by atoms with Crippen molar-refractivity contribution in [1.82, 2.24) is 9.55 Å². The third-order valence-electron chi connectivity index (χ3n) is 4.28. The minimum Gasteiger partial charge on any atom is -0.325 e. The Kier molecular flexibility index (Phi) is 5.58. The highest BCUT2D eigenvalue weighted by atomic mass is 32.2. The molecule has 0 aliphatic carbocycles. The number of hydrogen-bond donors (Lipinski definition) is 1. The smallest absolute Gasteiger partial charge is 0.266 e. The molecule has 8 heteroatoms. The van der Waals surface area contributed by atoms with E-state index >= 15 is 0 Å². The molecule has 5 nitrogen and oxygen atoms in total. The molecular weight excluding hydrogens is 408 g/mol. The van der Waals surface area contributed by atoms with Crippen LogP contribution in [-0.2, 0) is 4.79 Å². The Labute approximate surface area is 174 Å². The summed E-state index contributed by atoms with van der Waals surface area (Å²) in [6.07, 6.45) is 0. The van der Waals surface area contributed by atoms with E-state index in [4.69, 9.17) is 0 Å². The number of nitrogens with zero attached hydrogens (tertiary/aromatic N) is 2. The second-order valence-electron chi connectivity index (χ2n) is 6.35. The lowest BCUT2D eigenvalue weighted by molar-refractivity contribution is -0.113. The Hall–Kier alpha value is -3.52. The molecule has 30 heavy (non-hydrogen) atoms. The van der Waals surface area contributed by atoms with Crippen molar-refractivity contribution in [3.8, 4) is 5.69 Å². The molecular formula is C22H15F2N3O2S. The number of hydrogen-bond acceptors (Lipinski definition) is 4. The van der Waals surface area contributed by atoms with Gasteiger partial charge in [0.15, 0.2) is 5.16 Å². The number of fused-ring (bicyclic) bond motifs is 1. The van der Waals surface area contributed by atoms with E-state index in [1.807, 2.05) is 0 Å². The topological polar surface area (TPSA) is 64.0 Å². The van der Waals surface area contributed by atoms with E-state index in [2.05, 4.69) is 10.3 Å². The Morgan fingerprint density at radius 3 is 2.57 bits per heavy atom. The first-order chi connectivity index (χ1) is 14.5. The molecule has 1 heterocycles. The first-order valence-electron chi connectivity index (χ1n) is 8.98. The van der Waals surface area contributed by atoms with Crippen molar-refractivity contribution in [1.29, 1.82) is 0 Å². The van der Waals surface area contributed by atoms with E-state index in [-0.39, 0.29) is 16.6 Å². The summed E-state index contributed by atoms with van der Waals surface area (Å²) in [5, 5.41) is 3.11. The molecule has 4 rings (SSSR count). The summed E-state index contributed by atoms with van der Waals surface area (Å²) < 4.78 is 28.9. The normalized spacial score (nSPS) is 10.9. The van der Waals surface area contributed by atoms with Gasteiger partial charge in [-0.2, -0.15) is 0 Å². The van der Waals surface area contributed by atoms with E-state index < -0.39 is 23.1 Å². The first kappa shape index (κ1) is 19.8. The lowest BCUT2D eigenvalue weighted by atomic mass is 10.2. The quantitative estimate of drug-likeness (QED) is 0.382. The minimum atomic E-state index is -0.581. The Bertz CT molecular complexity index is 1310. The van der Waals surface area contributed by atoms with Crippen molar-refractivity contribution in [2.75, 3.05) is 11.1 Å². The Morgan fingerprint density at radius 1 is 1.00 bits per heavy atom. The molecule has 150 valence electrons. The summed E-state index contributed by atoms with van der Waals surface area (Å²) in [5.41, 5.74) is 0.384. The largest absolute Gasteiger partial charge is 0.325 e. The van der Waals surface area contributed by atoms with Gasteiger partial charge in [-0.05, 0) is 42.5 Å². The molecule has 0 radical (unpaired) electrons. The van der Waals surface area contributed by atoms with Gasteiger partial charge in [0.05, 0.1) is 22.3 Å². The highest BCUT2D eigenvalue weighted by Crippen LogP contribution is 2.23. The number of para-hydroxylation sites is 2. The van der Waals surface area contributed by atoms with Crippen LogP contribution in [0.3, 0.4) is 0 Å². The molecule has 0 saturated carbocycles. The van der Waals surface area contributed by atoms with Crippen LogP contribution in [0.1, 0.15) is 0 Å². The van der Waals surface area contributed by atoms with Gasteiger partial charge in [-0.3, -0.25) is 14.2 Å². The van der Waals surface area contributed by atoms with Gasteiger partial charge in [-0.1, -0.05) is 42.1 Å². The lowest BCUT2D eigenvalue weighted by Gasteiger charge is -2.14. The molecule has 4 aromatic rings. The van der Waals surface area contributed by atoms with Crippen molar-refractivity contribution in [3.05, 3.63) is 94.8 Å². The molecule has 0 saturated heterocycles. The van der Waals surface area contributed by atoms with Gasteiger partial charge in [0, 0.05) is 5.69 Å². The third kappa shape index (κ3) is 4.08. The van der Waals surface area contributed by atoms with Crippen LogP contribution in [0.4, 0.5) is 14.5 Å². The fraction of sp³-hybridized carbons (Fsp3) is 0.0455. The number of thioether (sulfide) groups is 1. The Balaban J connectivity index is 1.69. The van der Waals surface area contributed by atoms with Crippen molar-refractivity contribution in [3.63, 3.8) is 0 Å². The zero-order valence-electron chi connectivity index (χ0n) is 15.5. The molecule has 0 bridgehead atoms. The van der Waals surface area contributed by atoms with E-state index in [1.165, 1.54) is 36.4 Å². The predicted molar refractivity (Wildman–Crippen MR) is 113 cm³/mol. The maximum atomic E-state index is 14.4. The second kappa shape index (κ2) is 8.46. The summed E-state index contributed by atoms with van der Waals surface area (Å²) in [4.78, 5) is 29.9. The zero-order valence-corrected chi connectivity index (χ0v) is 16.3. The van der Waals surface area contributed by atoms with Crippen LogP contribution in [-0.4, -0.2) is 21.2 Å². The number of carbonyl (C=O) groups excluding carboxylic acids is 1. The van der Waals surface area contributed by atoms with E-state index in [1.54, 1.807) is 36.4 Å². The summed E-state index contributed by atoms with van der Waals surface area (Å²) in [7, 11) is 0. The highest BCUT2D eigenvalue weighted by molar-refractivity contribution is 7.99. The maximum Gasteiger partial charge on any atom is 0.266 e. The van der Waals surface area contributed by atoms with Crippen LogP contribution in [0.15, 0.2) is 82.7 Å². The number of amides is 1. The summed E-state index contributed by atoms with van der Waals surface area (Å²) in [5.74, 6) is -1.56. The van der Waals surface area contributed by atoms with E-state index in [9.17, 15) is 18.4 Å². The number of nitrogens with one attached hydrogen (secondary N) is 1. The minimum absolute atomic E-state index is 0.0498. The highest BCUT2D eigenvalue weighted by Gasteiger charge is 2.17. The van der Waals surface area contributed by atoms with Gasteiger partial charge in [-0.25, -0.2) is 13.8 Å². The van der Waals surface area contributed by atoms with Gasteiger partial charge < -0.3 is 5.32 Å². The van der Waals surface area contributed by atoms with Gasteiger partial charge in [0.2, 0.25) is 5.91 Å². The summed E-state index contributed by atoms with van der Waals surface area (Å²) >= 11 is 0.991. The molecule has 0 unspecified atom stereocenters. The van der Waals surface area contributed by atoms with Crippen molar-refractivity contribution in [2.45, 2.75) is 5.16 Å². The summed E-state index contributed by atoms with van der Waals surface area (Å²) in [6, 6.07) is 18.1.